The predicted octanol–water partition coefficient (Wildman–Crippen LogP) is 2.12. The molecule has 1 aromatic carbocycles. The Morgan fingerprint density at radius 3 is 2.67 bits per heavy atom. The Kier molecular flexibility index (Phi) is 7.23. The number of nitrogens with zero attached hydrogens (tertiary/aromatic N) is 2. The summed E-state index contributed by atoms with van der Waals surface area (Å²) in [5.41, 5.74) is 1.000. The molecule has 0 saturated carbocycles. The largest absolute Gasteiger partial charge is 0.395 e. The minimum atomic E-state index is 0.140. The van der Waals surface area contributed by atoms with E-state index in [2.05, 4.69) is 9.80 Å². The van der Waals surface area contributed by atoms with Gasteiger partial charge < -0.3 is 9.84 Å². The van der Waals surface area contributed by atoms with Crippen molar-refractivity contribution in [3.05, 3.63) is 33.8 Å². The van der Waals surface area contributed by atoms with Crippen molar-refractivity contribution in [2.24, 2.45) is 0 Å². The second-order valence-corrected chi connectivity index (χ2v) is 6.03. The summed E-state index contributed by atoms with van der Waals surface area (Å²) < 4.78 is 5.35. The van der Waals surface area contributed by atoms with Crippen LogP contribution < -0.4 is 0 Å². The number of morpholine rings is 1. The van der Waals surface area contributed by atoms with Crippen molar-refractivity contribution < 1.29 is 9.84 Å². The molecule has 1 saturated heterocycles. The van der Waals surface area contributed by atoms with Gasteiger partial charge in [0.2, 0.25) is 0 Å². The fourth-order valence-corrected chi connectivity index (χ4v) is 2.80. The molecule has 0 unspecified atom stereocenters. The third-order valence-electron chi connectivity index (χ3n) is 3.65. The van der Waals surface area contributed by atoms with Crippen LogP contribution in [0.5, 0.6) is 0 Å². The van der Waals surface area contributed by atoms with Crippen LogP contribution in [0.4, 0.5) is 0 Å². The lowest BCUT2D eigenvalue weighted by Crippen LogP contribution is -2.41. The molecule has 1 N–H and O–H groups in total. The SMILES string of the molecule is OCCN(CCN1CCOCC1)Cc1cc(Cl)ccc1Cl. The van der Waals surface area contributed by atoms with Crippen LogP contribution in [-0.4, -0.2) is 67.5 Å². The first-order valence-electron chi connectivity index (χ1n) is 7.26. The molecule has 0 spiro atoms. The molecular formula is C15H22Cl2N2O2. The fourth-order valence-electron chi connectivity index (χ4n) is 2.42. The van der Waals surface area contributed by atoms with E-state index in [1.54, 1.807) is 6.07 Å². The molecule has 0 atom stereocenters. The number of ether oxygens (including phenoxy) is 1. The average molecular weight is 333 g/mol. The van der Waals surface area contributed by atoms with Gasteiger partial charge in [0.1, 0.15) is 0 Å². The van der Waals surface area contributed by atoms with Gasteiger partial charge in [0.15, 0.2) is 0 Å². The first kappa shape index (κ1) is 17.0. The molecule has 4 nitrogen and oxygen atoms in total. The highest BCUT2D eigenvalue weighted by molar-refractivity contribution is 6.33. The normalized spacial score (nSPS) is 16.6. The van der Waals surface area contributed by atoms with E-state index in [0.717, 1.165) is 45.0 Å². The monoisotopic (exact) mass is 332 g/mol. The highest BCUT2D eigenvalue weighted by atomic mass is 35.5. The third-order valence-corrected chi connectivity index (χ3v) is 4.26. The predicted molar refractivity (Wildman–Crippen MR) is 86.1 cm³/mol. The van der Waals surface area contributed by atoms with Gasteiger partial charge in [0.05, 0.1) is 19.8 Å². The Hall–Kier alpha value is -0.360. The van der Waals surface area contributed by atoms with Crippen LogP contribution in [0.1, 0.15) is 5.56 Å². The average Bonchev–Trinajstić information content (AvgIpc) is 2.50. The van der Waals surface area contributed by atoms with Crippen molar-refractivity contribution in [3.8, 4) is 0 Å². The zero-order valence-corrected chi connectivity index (χ0v) is 13.6. The van der Waals surface area contributed by atoms with Gasteiger partial charge in [0, 0.05) is 49.3 Å². The summed E-state index contributed by atoms with van der Waals surface area (Å²) in [6.07, 6.45) is 0. The van der Waals surface area contributed by atoms with Crippen LogP contribution in [0.3, 0.4) is 0 Å². The number of rotatable bonds is 7. The smallest absolute Gasteiger partial charge is 0.0594 e. The maximum Gasteiger partial charge on any atom is 0.0594 e. The second-order valence-electron chi connectivity index (χ2n) is 5.19. The van der Waals surface area contributed by atoms with E-state index in [1.807, 2.05) is 12.1 Å². The third kappa shape index (κ3) is 5.74. The van der Waals surface area contributed by atoms with Crippen LogP contribution in [0, 0.1) is 0 Å². The van der Waals surface area contributed by atoms with Crippen molar-refractivity contribution in [1.29, 1.82) is 0 Å². The Morgan fingerprint density at radius 1 is 1.19 bits per heavy atom. The number of hydrogen-bond donors (Lipinski definition) is 1. The second kappa shape index (κ2) is 8.93. The highest BCUT2D eigenvalue weighted by Gasteiger charge is 2.13. The van der Waals surface area contributed by atoms with E-state index in [4.69, 9.17) is 27.9 Å². The standard InChI is InChI=1S/C15H22Cl2N2O2/c16-14-1-2-15(17)13(11-14)12-19(5-8-20)4-3-18-6-9-21-10-7-18/h1-2,11,20H,3-10,12H2. The molecule has 1 heterocycles. The van der Waals surface area contributed by atoms with Gasteiger partial charge in [-0.3, -0.25) is 9.80 Å². The summed E-state index contributed by atoms with van der Waals surface area (Å²) >= 11 is 12.2. The van der Waals surface area contributed by atoms with Crippen molar-refractivity contribution >= 4 is 23.2 Å². The van der Waals surface area contributed by atoms with E-state index in [0.29, 0.717) is 23.1 Å². The number of aliphatic hydroxyl groups is 1. The topological polar surface area (TPSA) is 35.9 Å². The van der Waals surface area contributed by atoms with Crippen molar-refractivity contribution in [2.75, 3.05) is 52.5 Å². The van der Waals surface area contributed by atoms with Gasteiger partial charge in [0.25, 0.3) is 0 Å². The van der Waals surface area contributed by atoms with Gasteiger partial charge in [-0.1, -0.05) is 23.2 Å². The Morgan fingerprint density at radius 2 is 1.95 bits per heavy atom. The van der Waals surface area contributed by atoms with E-state index in [9.17, 15) is 5.11 Å². The van der Waals surface area contributed by atoms with E-state index >= 15 is 0 Å². The van der Waals surface area contributed by atoms with E-state index in [-0.39, 0.29) is 6.61 Å². The van der Waals surface area contributed by atoms with Crippen LogP contribution in [0.25, 0.3) is 0 Å². The molecule has 0 aliphatic carbocycles. The van der Waals surface area contributed by atoms with E-state index < -0.39 is 0 Å². The molecule has 21 heavy (non-hydrogen) atoms. The van der Waals surface area contributed by atoms with Crippen LogP contribution in [-0.2, 0) is 11.3 Å². The number of halogens is 2. The van der Waals surface area contributed by atoms with Crippen molar-refractivity contribution in [1.82, 2.24) is 9.80 Å². The summed E-state index contributed by atoms with van der Waals surface area (Å²) in [6.45, 7) is 6.90. The van der Waals surface area contributed by atoms with Gasteiger partial charge in [-0.2, -0.15) is 0 Å². The van der Waals surface area contributed by atoms with Gasteiger partial charge in [-0.25, -0.2) is 0 Å². The lowest BCUT2D eigenvalue weighted by Gasteiger charge is -2.30. The fraction of sp³-hybridized carbons (Fsp3) is 0.600. The van der Waals surface area contributed by atoms with Crippen LogP contribution in [0.2, 0.25) is 10.0 Å². The Labute approximate surface area is 136 Å². The number of benzene rings is 1. The van der Waals surface area contributed by atoms with Crippen LogP contribution in [0.15, 0.2) is 18.2 Å². The number of hydrogen-bond acceptors (Lipinski definition) is 4. The maximum absolute atomic E-state index is 9.24. The van der Waals surface area contributed by atoms with Crippen molar-refractivity contribution in [2.45, 2.75) is 6.54 Å². The maximum atomic E-state index is 9.24. The lowest BCUT2D eigenvalue weighted by atomic mass is 10.2. The molecule has 1 aliphatic heterocycles. The van der Waals surface area contributed by atoms with Crippen LogP contribution >= 0.6 is 23.2 Å². The first-order chi connectivity index (χ1) is 10.2. The molecule has 0 aromatic heterocycles. The zero-order valence-electron chi connectivity index (χ0n) is 12.1. The molecule has 2 rings (SSSR count). The minimum absolute atomic E-state index is 0.140. The molecule has 1 aromatic rings. The zero-order chi connectivity index (χ0) is 15.1. The minimum Gasteiger partial charge on any atom is -0.395 e. The van der Waals surface area contributed by atoms with E-state index in [1.165, 1.54) is 0 Å². The summed E-state index contributed by atoms with van der Waals surface area (Å²) in [7, 11) is 0. The summed E-state index contributed by atoms with van der Waals surface area (Å²) in [4.78, 5) is 4.58. The Balaban J connectivity index is 1.89. The molecule has 118 valence electrons. The first-order valence-corrected chi connectivity index (χ1v) is 8.02. The summed E-state index contributed by atoms with van der Waals surface area (Å²) in [5, 5.41) is 10.6. The molecular weight excluding hydrogens is 311 g/mol. The summed E-state index contributed by atoms with van der Waals surface area (Å²) in [5.74, 6) is 0. The Bertz CT molecular complexity index is 440. The summed E-state index contributed by atoms with van der Waals surface area (Å²) in [6, 6.07) is 5.50. The molecule has 1 fully saturated rings. The molecule has 6 heteroatoms. The van der Waals surface area contributed by atoms with Gasteiger partial charge in [-0.15, -0.1) is 0 Å². The molecule has 0 radical (unpaired) electrons. The highest BCUT2D eigenvalue weighted by Crippen LogP contribution is 2.22. The van der Waals surface area contributed by atoms with Crippen molar-refractivity contribution in [3.63, 3.8) is 0 Å². The van der Waals surface area contributed by atoms with Gasteiger partial charge >= 0.3 is 0 Å². The number of aliphatic hydroxyl groups excluding tert-OH is 1. The molecule has 0 amide bonds. The lowest BCUT2D eigenvalue weighted by molar-refractivity contribution is 0.0320. The molecule has 0 bridgehead atoms. The molecule has 1 aliphatic rings. The quantitative estimate of drug-likeness (QED) is 0.829. The van der Waals surface area contributed by atoms with Gasteiger partial charge in [-0.05, 0) is 23.8 Å².